The molecular formula is C29H49N7O15. The molecular weight excluding hydrogens is 686 g/mol. The van der Waals surface area contributed by atoms with Gasteiger partial charge in [-0.2, -0.15) is 0 Å². The normalized spacial score (nSPS) is 23.6. The molecule has 290 valence electrons. The van der Waals surface area contributed by atoms with Crippen LogP contribution >= 0.6 is 0 Å². The Kier molecular flexibility index (Phi) is 18.5. The van der Waals surface area contributed by atoms with Crippen molar-refractivity contribution < 1.29 is 73.4 Å². The summed E-state index contributed by atoms with van der Waals surface area (Å²) in [5.74, 6) is -7.99. The highest BCUT2D eigenvalue weighted by molar-refractivity contribution is 6.01. The molecule has 0 bridgehead atoms. The Morgan fingerprint density at radius 3 is 1.96 bits per heavy atom. The maximum Gasteiger partial charge on any atom is 0.326 e. The number of carboxylic acid groups (broad SMARTS) is 2. The number of hydrogen-bond acceptors (Lipinski definition) is 15. The van der Waals surface area contributed by atoms with Crippen molar-refractivity contribution in [3.05, 3.63) is 0 Å². The molecule has 11 atom stereocenters. The standard InChI is InChI=1S/C29H49N7O15/c1-11(30)23(41)36-26(44)16(7-5-6-15(31)27(45)46)34-19(39)9-8-17(28(47)48)35-24(42)12(2)32-25(43)13(3)50-22-20(33-14(4)38)29(49)51-18(10-37)21(22)40/h11-13,15-18,20-22,29,37,40,49H,5-10,30-31H2,1-4H3,(H,32,43)(H,33,38)(H,34,39)(H,35,42)(H,45,46)(H,47,48)(H,36,41,44)/t11-,12+,13?,15-,16+,17-,18-,20-,21-,22-,29-/m1/s1. The van der Waals surface area contributed by atoms with Crippen molar-refractivity contribution in [2.45, 2.75) is 127 Å². The van der Waals surface area contributed by atoms with E-state index >= 15 is 0 Å². The van der Waals surface area contributed by atoms with E-state index in [1.165, 1.54) is 20.8 Å². The highest BCUT2D eigenvalue weighted by Gasteiger charge is 2.47. The molecule has 1 aliphatic heterocycles. The van der Waals surface area contributed by atoms with Crippen molar-refractivity contribution in [1.82, 2.24) is 26.6 Å². The van der Waals surface area contributed by atoms with E-state index in [2.05, 4.69) is 21.3 Å². The third kappa shape index (κ3) is 14.8. The molecule has 0 radical (unpaired) electrons. The summed E-state index contributed by atoms with van der Waals surface area (Å²) in [5.41, 5.74) is 10.9. The van der Waals surface area contributed by atoms with Crippen molar-refractivity contribution in [1.29, 1.82) is 0 Å². The highest BCUT2D eigenvalue weighted by Crippen LogP contribution is 2.24. The van der Waals surface area contributed by atoms with Gasteiger partial charge in [-0.3, -0.25) is 38.9 Å². The van der Waals surface area contributed by atoms with Crippen LogP contribution in [0.25, 0.3) is 0 Å². The van der Waals surface area contributed by atoms with Gasteiger partial charge in [0.1, 0.15) is 54.6 Å². The predicted octanol–water partition coefficient (Wildman–Crippen LogP) is -5.75. The van der Waals surface area contributed by atoms with E-state index in [9.17, 15) is 58.8 Å². The van der Waals surface area contributed by atoms with E-state index in [1.54, 1.807) is 0 Å². The van der Waals surface area contributed by atoms with Gasteiger partial charge >= 0.3 is 11.9 Å². The molecule has 0 aromatic heterocycles. The zero-order valence-corrected chi connectivity index (χ0v) is 28.6. The van der Waals surface area contributed by atoms with Gasteiger partial charge < -0.3 is 67.7 Å². The molecule has 0 aromatic rings. The third-order valence-corrected chi connectivity index (χ3v) is 7.64. The SMILES string of the molecule is CC(=O)N[C@@H]1[C@@H](OC(C)C(=O)N[C@@H](C)C(=O)N[C@H](CCC(=O)N[C@@H](CCC[C@@H](N)C(=O)O)C(=O)NC(=O)[C@@H](C)N)C(=O)O)[C@H](O)[C@@H](CO)O[C@H]1O. The number of hydrogen-bond donors (Lipinski definition) is 12. The maximum atomic E-state index is 12.8. The molecule has 0 aromatic carbocycles. The third-order valence-electron chi connectivity index (χ3n) is 7.64. The van der Waals surface area contributed by atoms with Crippen LogP contribution in [0.2, 0.25) is 0 Å². The van der Waals surface area contributed by atoms with Crippen molar-refractivity contribution in [2.75, 3.05) is 6.61 Å². The van der Waals surface area contributed by atoms with Gasteiger partial charge in [-0.15, -0.1) is 0 Å². The molecule has 0 aliphatic carbocycles. The Hall–Kier alpha value is -4.32. The second-order valence-electron chi connectivity index (χ2n) is 12.0. The number of nitrogens with two attached hydrogens (primary N) is 2. The Labute approximate surface area is 292 Å². The van der Waals surface area contributed by atoms with Crippen LogP contribution in [0.4, 0.5) is 0 Å². The molecule has 14 N–H and O–H groups in total. The molecule has 22 heteroatoms. The van der Waals surface area contributed by atoms with Crippen LogP contribution in [-0.4, -0.2) is 146 Å². The minimum atomic E-state index is -1.72. The van der Waals surface area contributed by atoms with Crippen LogP contribution < -0.4 is 38.1 Å². The van der Waals surface area contributed by atoms with Gasteiger partial charge in [0, 0.05) is 13.3 Å². The van der Waals surface area contributed by atoms with Crippen LogP contribution in [0.5, 0.6) is 0 Å². The molecule has 1 saturated heterocycles. The number of aliphatic hydroxyl groups excluding tert-OH is 3. The molecule has 51 heavy (non-hydrogen) atoms. The first kappa shape index (κ1) is 44.7. The van der Waals surface area contributed by atoms with Crippen molar-refractivity contribution in [3.63, 3.8) is 0 Å². The fourth-order valence-electron chi connectivity index (χ4n) is 4.68. The number of imide groups is 1. The summed E-state index contributed by atoms with van der Waals surface area (Å²) in [6.07, 6.45) is -8.67. The quantitative estimate of drug-likeness (QED) is 0.0554. The number of carbonyl (C=O) groups is 8. The van der Waals surface area contributed by atoms with Gasteiger partial charge in [-0.25, -0.2) is 4.79 Å². The first-order valence-corrected chi connectivity index (χ1v) is 16.0. The maximum absolute atomic E-state index is 12.8. The molecule has 1 fully saturated rings. The average Bonchev–Trinajstić information content (AvgIpc) is 3.04. The van der Waals surface area contributed by atoms with Crippen LogP contribution in [-0.2, 0) is 47.8 Å². The van der Waals surface area contributed by atoms with E-state index in [0.717, 1.165) is 6.92 Å². The molecule has 22 nitrogen and oxygen atoms in total. The monoisotopic (exact) mass is 735 g/mol. The summed E-state index contributed by atoms with van der Waals surface area (Å²) in [7, 11) is 0. The van der Waals surface area contributed by atoms with Gasteiger partial charge in [0.05, 0.1) is 12.6 Å². The Morgan fingerprint density at radius 2 is 1.43 bits per heavy atom. The lowest BCUT2D eigenvalue weighted by molar-refractivity contribution is -0.266. The summed E-state index contributed by atoms with van der Waals surface area (Å²) in [4.78, 5) is 97.4. The van der Waals surface area contributed by atoms with Gasteiger partial charge in [-0.05, 0) is 46.5 Å². The fraction of sp³-hybridized carbons (Fsp3) is 0.724. The molecule has 1 unspecified atom stereocenters. The second-order valence-corrected chi connectivity index (χ2v) is 12.0. The summed E-state index contributed by atoms with van der Waals surface area (Å²) < 4.78 is 10.7. The Bertz CT molecular complexity index is 1270. The Balaban J connectivity index is 2.85. The van der Waals surface area contributed by atoms with Crippen LogP contribution in [0.3, 0.4) is 0 Å². The summed E-state index contributed by atoms with van der Waals surface area (Å²) in [5, 5.41) is 60.0. The minimum Gasteiger partial charge on any atom is -0.480 e. The average molecular weight is 736 g/mol. The number of nitrogens with one attached hydrogen (secondary N) is 5. The van der Waals surface area contributed by atoms with E-state index in [0.29, 0.717) is 0 Å². The van der Waals surface area contributed by atoms with E-state index in [-0.39, 0.29) is 19.3 Å². The minimum absolute atomic E-state index is 0.0515. The number of aliphatic carboxylic acids is 2. The molecule has 0 spiro atoms. The molecule has 0 saturated carbocycles. The molecule has 1 heterocycles. The van der Waals surface area contributed by atoms with Crippen molar-refractivity contribution >= 4 is 47.4 Å². The fourth-order valence-corrected chi connectivity index (χ4v) is 4.68. The zero-order chi connectivity index (χ0) is 39.2. The number of rotatable bonds is 20. The van der Waals surface area contributed by atoms with Gasteiger partial charge in [0.15, 0.2) is 6.29 Å². The smallest absolute Gasteiger partial charge is 0.326 e. The topological polar surface area (TPSA) is 368 Å². The lowest BCUT2D eigenvalue weighted by Crippen LogP contribution is -2.65. The van der Waals surface area contributed by atoms with Gasteiger partial charge in [-0.1, -0.05) is 0 Å². The van der Waals surface area contributed by atoms with Gasteiger partial charge in [0.2, 0.25) is 35.4 Å². The van der Waals surface area contributed by atoms with E-state index < -0.39 is 134 Å². The van der Waals surface area contributed by atoms with Gasteiger partial charge in [0.25, 0.3) is 0 Å². The summed E-state index contributed by atoms with van der Waals surface area (Å²) in [6.45, 7) is 4.14. The van der Waals surface area contributed by atoms with Crippen molar-refractivity contribution in [2.24, 2.45) is 11.5 Å². The molecule has 6 amide bonds. The highest BCUT2D eigenvalue weighted by atomic mass is 16.6. The first-order valence-electron chi connectivity index (χ1n) is 16.0. The number of carboxylic acids is 2. The lowest BCUT2D eigenvalue weighted by Gasteiger charge is -2.43. The number of amides is 6. The Morgan fingerprint density at radius 1 is 0.804 bits per heavy atom. The number of carbonyl (C=O) groups excluding carboxylic acids is 6. The molecule has 1 aliphatic rings. The zero-order valence-electron chi connectivity index (χ0n) is 28.6. The number of ether oxygens (including phenoxy) is 2. The predicted molar refractivity (Wildman–Crippen MR) is 171 cm³/mol. The largest absolute Gasteiger partial charge is 0.480 e. The second kappa shape index (κ2) is 21.1. The van der Waals surface area contributed by atoms with Crippen molar-refractivity contribution in [3.8, 4) is 0 Å². The van der Waals surface area contributed by atoms with Crippen LogP contribution in [0.15, 0.2) is 0 Å². The molecule has 1 rings (SSSR count). The first-order chi connectivity index (χ1) is 23.7. The van der Waals surface area contributed by atoms with Crippen LogP contribution in [0, 0.1) is 0 Å². The summed E-state index contributed by atoms with van der Waals surface area (Å²) in [6, 6.07) is -8.01. The number of aliphatic hydroxyl groups is 3. The summed E-state index contributed by atoms with van der Waals surface area (Å²) >= 11 is 0. The lowest BCUT2D eigenvalue weighted by atomic mass is 9.96. The van der Waals surface area contributed by atoms with E-state index in [4.69, 9.17) is 26.0 Å². The van der Waals surface area contributed by atoms with Crippen LogP contribution in [0.1, 0.15) is 59.8 Å². The van der Waals surface area contributed by atoms with E-state index in [1.807, 2.05) is 5.32 Å².